The van der Waals surface area contributed by atoms with E-state index in [4.69, 9.17) is 43.1 Å². The lowest BCUT2D eigenvalue weighted by molar-refractivity contribution is -0.122. The average molecular weight is 536 g/mol. The van der Waals surface area contributed by atoms with Crippen molar-refractivity contribution in [2.75, 3.05) is 6.61 Å². The molecule has 1 amide bonds. The lowest BCUT2D eigenvalue weighted by Crippen LogP contribution is -2.28. The first-order valence-corrected chi connectivity index (χ1v) is 12.7. The first kappa shape index (κ1) is 28.0. The molecule has 3 rings (SSSR count). The number of hydrogen-bond donors (Lipinski definition) is 2. The Morgan fingerprint density at radius 2 is 1.86 bits per heavy atom. The van der Waals surface area contributed by atoms with Gasteiger partial charge in [-0.15, -0.1) is 0 Å². The summed E-state index contributed by atoms with van der Waals surface area (Å²) in [6.07, 6.45) is 4.27. The molecule has 2 aromatic rings. The minimum Gasteiger partial charge on any atom is -0.484 e. The number of rotatable bonds is 7. The molecular weight excluding hydrogens is 513 g/mol. The molecule has 0 aromatic heterocycles. The van der Waals surface area contributed by atoms with Crippen LogP contribution in [0.3, 0.4) is 0 Å². The van der Waals surface area contributed by atoms with Crippen molar-refractivity contribution in [3.05, 3.63) is 86.9 Å². The van der Waals surface area contributed by atoms with Crippen LogP contribution in [0.1, 0.15) is 25.8 Å². The Hall–Kier alpha value is -3.29. The highest BCUT2D eigenvalue weighted by Gasteiger charge is 2.16. The van der Waals surface area contributed by atoms with Gasteiger partial charge in [0.25, 0.3) is 5.91 Å². The van der Waals surface area contributed by atoms with Crippen LogP contribution in [-0.4, -0.2) is 20.9 Å². The maximum Gasteiger partial charge on any atom is 0.262 e. The van der Waals surface area contributed by atoms with Crippen LogP contribution < -0.4 is 19.9 Å². The van der Waals surface area contributed by atoms with Gasteiger partial charge >= 0.3 is 0 Å². The molecule has 3 N–H and O–H groups in total. The second-order valence-electron chi connectivity index (χ2n) is 6.72. The molecule has 0 radical (unpaired) electrons. The Labute approximate surface area is 214 Å². The third-order valence-electron chi connectivity index (χ3n) is 4.20. The van der Waals surface area contributed by atoms with Gasteiger partial charge < -0.3 is 14.8 Å². The van der Waals surface area contributed by atoms with Crippen molar-refractivity contribution >= 4 is 39.1 Å². The third-order valence-corrected chi connectivity index (χ3v) is 5.75. The third kappa shape index (κ3) is 8.77. The standard InChI is InChI=1S/C22H17Cl2N3O5S.C2H6/c23-15-7-14(12-25)8-18(9-15)32-17-4-1-3-16(10-17)31-13-22(28)27-21-6-2-5-19(11-20(21)24)33(26,29)30;1-2/h1-4,6-11H,5,13H2,(H,27,28)(H2,26,29,30);1-2H3. The molecule has 0 heterocycles. The van der Waals surface area contributed by atoms with E-state index in [-0.39, 0.29) is 28.7 Å². The van der Waals surface area contributed by atoms with E-state index in [1.807, 2.05) is 19.9 Å². The van der Waals surface area contributed by atoms with E-state index in [2.05, 4.69) is 5.32 Å². The van der Waals surface area contributed by atoms with Gasteiger partial charge in [-0.2, -0.15) is 5.26 Å². The van der Waals surface area contributed by atoms with Crippen LogP contribution in [0.5, 0.6) is 17.2 Å². The van der Waals surface area contributed by atoms with Crippen LogP contribution in [0.25, 0.3) is 0 Å². The first-order valence-electron chi connectivity index (χ1n) is 10.3. The number of hydrogen-bond acceptors (Lipinski definition) is 6. The molecule has 8 nitrogen and oxygen atoms in total. The number of amides is 1. The lowest BCUT2D eigenvalue weighted by Gasteiger charge is -2.11. The summed E-state index contributed by atoms with van der Waals surface area (Å²) in [6, 6.07) is 13.2. The Morgan fingerprint density at radius 1 is 1.14 bits per heavy atom. The van der Waals surface area contributed by atoms with Gasteiger partial charge in [-0.25, -0.2) is 13.6 Å². The number of nitrogens with zero attached hydrogens (tertiary/aromatic N) is 1. The molecular formula is C24H23Cl2N3O5S. The predicted molar refractivity (Wildman–Crippen MR) is 135 cm³/mol. The van der Waals surface area contributed by atoms with Gasteiger partial charge in [-0.3, -0.25) is 4.79 Å². The second-order valence-corrected chi connectivity index (χ2v) is 9.18. The number of carbonyl (C=O) groups excluding carboxylic acids is 1. The maximum atomic E-state index is 12.3. The zero-order valence-electron chi connectivity index (χ0n) is 18.9. The Kier molecular flexibility index (Phi) is 10.4. The summed E-state index contributed by atoms with van der Waals surface area (Å²) in [6.45, 7) is 3.66. The number of sulfonamides is 1. The maximum absolute atomic E-state index is 12.3. The molecule has 0 atom stereocenters. The fourth-order valence-electron chi connectivity index (χ4n) is 2.74. The quantitative estimate of drug-likeness (QED) is 0.506. The summed E-state index contributed by atoms with van der Waals surface area (Å²) < 4.78 is 34.3. The molecule has 0 unspecified atom stereocenters. The summed E-state index contributed by atoms with van der Waals surface area (Å²) in [5, 5.41) is 17.1. The Bertz CT molecular complexity index is 1330. The zero-order valence-corrected chi connectivity index (χ0v) is 21.2. The number of benzene rings is 2. The van der Waals surface area contributed by atoms with Crippen LogP contribution in [0.2, 0.25) is 5.02 Å². The molecule has 1 aliphatic carbocycles. The van der Waals surface area contributed by atoms with Crippen molar-refractivity contribution in [1.29, 1.82) is 5.26 Å². The molecule has 2 aromatic carbocycles. The van der Waals surface area contributed by atoms with Crippen LogP contribution in [0.15, 0.2) is 76.3 Å². The van der Waals surface area contributed by atoms with Gasteiger partial charge in [0.1, 0.15) is 17.2 Å². The number of nitriles is 1. The Balaban J connectivity index is 0.00000210. The number of ether oxygens (including phenoxy) is 2. The molecule has 0 fully saturated rings. The number of allylic oxidation sites excluding steroid dienone is 5. The van der Waals surface area contributed by atoms with Crippen molar-refractivity contribution in [3.63, 3.8) is 0 Å². The van der Waals surface area contributed by atoms with Gasteiger partial charge in [0.15, 0.2) is 6.61 Å². The van der Waals surface area contributed by atoms with Crippen molar-refractivity contribution in [3.8, 4) is 23.3 Å². The smallest absolute Gasteiger partial charge is 0.262 e. The van der Waals surface area contributed by atoms with Gasteiger partial charge in [0.05, 0.1) is 27.3 Å². The average Bonchev–Trinajstić information content (AvgIpc) is 3.00. The monoisotopic (exact) mass is 535 g/mol. The number of nitrogens with one attached hydrogen (secondary N) is 1. The molecule has 1 aliphatic rings. The summed E-state index contributed by atoms with van der Waals surface area (Å²) in [5.41, 5.74) is 0.573. The van der Waals surface area contributed by atoms with E-state index in [0.717, 1.165) is 0 Å². The highest BCUT2D eigenvalue weighted by molar-refractivity contribution is 7.93. The summed E-state index contributed by atoms with van der Waals surface area (Å²) in [5.74, 6) is 0.637. The predicted octanol–water partition coefficient (Wildman–Crippen LogP) is 5.11. The highest BCUT2D eigenvalue weighted by atomic mass is 35.5. The largest absolute Gasteiger partial charge is 0.484 e. The lowest BCUT2D eigenvalue weighted by atomic mass is 10.2. The van der Waals surface area contributed by atoms with Crippen LogP contribution >= 0.6 is 23.2 Å². The van der Waals surface area contributed by atoms with Gasteiger partial charge in [-0.1, -0.05) is 49.2 Å². The molecule has 0 aliphatic heterocycles. The summed E-state index contributed by atoms with van der Waals surface area (Å²) in [7, 11) is -3.89. The fourth-order valence-corrected chi connectivity index (χ4v) is 3.88. The minimum absolute atomic E-state index is 0.0229. The van der Waals surface area contributed by atoms with Crippen molar-refractivity contribution < 1.29 is 22.7 Å². The SMILES string of the molecule is CC.N#Cc1cc(Cl)cc(Oc2cccc(OCC(=O)NC3=C(Cl)C=C(S(N)(=O)=O)CC=C3)c2)c1. The molecule has 0 saturated carbocycles. The molecule has 0 saturated heterocycles. The Morgan fingerprint density at radius 3 is 2.54 bits per heavy atom. The first-order chi connectivity index (χ1) is 16.6. The van der Waals surface area contributed by atoms with Crippen molar-refractivity contribution in [1.82, 2.24) is 5.32 Å². The minimum atomic E-state index is -3.89. The fraction of sp³-hybridized carbons (Fsp3) is 0.167. The molecule has 0 bridgehead atoms. The van der Waals surface area contributed by atoms with Crippen LogP contribution in [0, 0.1) is 11.3 Å². The van der Waals surface area contributed by atoms with E-state index in [1.165, 1.54) is 24.3 Å². The van der Waals surface area contributed by atoms with E-state index in [0.29, 0.717) is 27.8 Å². The van der Waals surface area contributed by atoms with Crippen molar-refractivity contribution in [2.24, 2.45) is 5.14 Å². The second kappa shape index (κ2) is 13.0. The number of carbonyl (C=O) groups is 1. The highest BCUT2D eigenvalue weighted by Crippen LogP contribution is 2.28. The van der Waals surface area contributed by atoms with Crippen LogP contribution in [-0.2, 0) is 14.8 Å². The summed E-state index contributed by atoms with van der Waals surface area (Å²) >= 11 is 12.1. The molecule has 0 spiro atoms. The van der Waals surface area contributed by atoms with Crippen molar-refractivity contribution in [2.45, 2.75) is 20.3 Å². The van der Waals surface area contributed by atoms with Gasteiger partial charge in [-0.05, 0) is 42.5 Å². The van der Waals surface area contributed by atoms with Crippen LogP contribution in [0.4, 0.5) is 0 Å². The molecule has 184 valence electrons. The number of halogens is 2. The van der Waals surface area contributed by atoms with E-state index in [9.17, 15) is 13.2 Å². The normalized spacial score (nSPS) is 13.0. The topological polar surface area (TPSA) is 132 Å². The zero-order chi connectivity index (χ0) is 26.0. The molecule has 11 heteroatoms. The molecule has 35 heavy (non-hydrogen) atoms. The summed E-state index contributed by atoms with van der Waals surface area (Å²) in [4.78, 5) is 12.2. The van der Waals surface area contributed by atoms with E-state index >= 15 is 0 Å². The number of nitrogens with two attached hydrogens (primary N) is 1. The number of primary sulfonamides is 1. The van der Waals surface area contributed by atoms with E-state index in [1.54, 1.807) is 36.4 Å². The van der Waals surface area contributed by atoms with Gasteiger partial charge in [0.2, 0.25) is 10.0 Å². The van der Waals surface area contributed by atoms with Gasteiger partial charge in [0, 0.05) is 17.5 Å². The van der Waals surface area contributed by atoms with E-state index < -0.39 is 15.9 Å².